The lowest BCUT2D eigenvalue weighted by Gasteiger charge is -2.11. The van der Waals surface area contributed by atoms with Crippen molar-refractivity contribution in [2.45, 2.75) is 45.4 Å². The molecule has 0 heterocycles. The zero-order valence-electron chi connectivity index (χ0n) is 10.2. The molecule has 0 saturated heterocycles. The minimum Gasteiger partial charge on any atom is -0.465 e. The minimum atomic E-state index is 0.00324. The third-order valence-electron chi connectivity index (χ3n) is 3.35. The highest BCUT2D eigenvalue weighted by Gasteiger charge is 2.30. The van der Waals surface area contributed by atoms with Gasteiger partial charge in [-0.1, -0.05) is 31.9 Å². The first-order valence-electron chi connectivity index (χ1n) is 6.63. The molecule has 0 spiro atoms. The minimum absolute atomic E-state index is 0.00324. The van der Waals surface area contributed by atoms with Crippen LogP contribution in [0, 0.1) is 17.8 Å². The van der Waals surface area contributed by atoms with Crippen LogP contribution in [0.2, 0.25) is 0 Å². The van der Waals surface area contributed by atoms with Crippen LogP contribution < -0.4 is 0 Å². The normalized spacial score (nSPS) is 22.3. The summed E-state index contributed by atoms with van der Waals surface area (Å²) in [4.78, 5) is 11.9. The number of rotatable bonds is 7. The maximum absolute atomic E-state index is 11.9. The van der Waals surface area contributed by atoms with Crippen LogP contribution in [0.4, 0.5) is 0 Å². The van der Waals surface area contributed by atoms with Crippen molar-refractivity contribution in [3.05, 3.63) is 12.2 Å². The van der Waals surface area contributed by atoms with Crippen LogP contribution in [0.5, 0.6) is 0 Å². The van der Waals surface area contributed by atoms with E-state index in [-0.39, 0.29) is 11.9 Å². The van der Waals surface area contributed by atoms with Crippen molar-refractivity contribution in [1.82, 2.24) is 0 Å². The van der Waals surface area contributed by atoms with Gasteiger partial charge in [0.05, 0.1) is 12.5 Å². The monoisotopic (exact) mass is 222 g/mol. The Morgan fingerprint density at radius 2 is 2.00 bits per heavy atom. The average molecular weight is 222 g/mol. The zero-order valence-corrected chi connectivity index (χ0v) is 10.2. The summed E-state index contributed by atoms with van der Waals surface area (Å²) in [5, 5.41) is 0. The first-order valence-corrected chi connectivity index (χ1v) is 6.63. The van der Waals surface area contributed by atoms with Gasteiger partial charge in [0.25, 0.3) is 0 Å². The molecule has 90 valence electrons. The average Bonchev–Trinajstić information content (AvgIpc) is 3.14. The Balaban J connectivity index is 1.76. The lowest BCUT2D eigenvalue weighted by atomic mass is 10.0. The number of hydrogen-bond donors (Lipinski definition) is 0. The molecule has 2 rings (SSSR count). The van der Waals surface area contributed by atoms with Gasteiger partial charge in [-0.15, -0.1) is 0 Å². The van der Waals surface area contributed by atoms with E-state index in [1.807, 2.05) is 6.08 Å². The maximum Gasteiger partial charge on any atom is 0.312 e. The summed E-state index contributed by atoms with van der Waals surface area (Å²) < 4.78 is 5.36. The standard InChI is InChI=1S/C14H22O2/c1-2-3-4-13(9-11-5-6-11)14(15)16-10-12-7-8-12/h3-4,11-13H,2,5-10H2,1H3/b4-3-. The topological polar surface area (TPSA) is 26.3 Å². The number of allylic oxidation sites excluding steroid dienone is 1. The Hall–Kier alpha value is -0.790. The molecule has 2 heteroatoms. The maximum atomic E-state index is 11.9. The van der Waals surface area contributed by atoms with E-state index >= 15 is 0 Å². The summed E-state index contributed by atoms with van der Waals surface area (Å²) >= 11 is 0. The Morgan fingerprint density at radius 3 is 2.56 bits per heavy atom. The number of hydrogen-bond acceptors (Lipinski definition) is 2. The summed E-state index contributed by atoms with van der Waals surface area (Å²) in [7, 11) is 0. The highest BCUT2D eigenvalue weighted by molar-refractivity contribution is 5.74. The fraction of sp³-hybridized carbons (Fsp3) is 0.786. The van der Waals surface area contributed by atoms with E-state index < -0.39 is 0 Å². The molecule has 0 N–H and O–H groups in total. The molecule has 0 aromatic carbocycles. The van der Waals surface area contributed by atoms with E-state index in [4.69, 9.17) is 4.74 Å². The van der Waals surface area contributed by atoms with Gasteiger partial charge in [-0.05, 0) is 37.5 Å². The lowest BCUT2D eigenvalue weighted by Crippen LogP contribution is -2.17. The molecule has 16 heavy (non-hydrogen) atoms. The predicted octanol–water partition coefficient (Wildman–Crippen LogP) is 3.32. The Bertz CT molecular complexity index is 262. The summed E-state index contributed by atoms with van der Waals surface area (Å²) in [6, 6.07) is 0. The van der Waals surface area contributed by atoms with Crippen molar-refractivity contribution in [1.29, 1.82) is 0 Å². The summed E-state index contributed by atoms with van der Waals surface area (Å²) in [5.41, 5.74) is 0. The molecule has 0 aromatic rings. The number of ether oxygens (including phenoxy) is 1. The molecular formula is C14H22O2. The quantitative estimate of drug-likeness (QED) is 0.488. The second-order valence-corrected chi connectivity index (χ2v) is 5.20. The molecule has 1 unspecified atom stereocenters. The third kappa shape index (κ3) is 3.99. The smallest absolute Gasteiger partial charge is 0.312 e. The van der Waals surface area contributed by atoms with Crippen LogP contribution in [0.25, 0.3) is 0 Å². The van der Waals surface area contributed by atoms with Crippen LogP contribution in [-0.4, -0.2) is 12.6 Å². The van der Waals surface area contributed by atoms with Crippen LogP contribution in [-0.2, 0) is 9.53 Å². The fourth-order valence-corrected chi connectivity index (χ4v) is 1.86. The molecular weight excluding hydrogens is 200 g/mol. The molecule has 2 nitrogen and oxygen atoms in total. The van der Waals surface area contributed by atoms with Crippen LogP contribution in [0.3, 0.4) is 0 Å². The van der Waals surface area contributed by atoms with Crippen molar-refractivity contribution >= 4 is 5.97 Å². The van der Waals surface area contributed by atoms with Gasteiger partial charge in [0.1, 0.15) is 0 Å². The van der Waals surface area contributed by atoms with Gasteiger partial charge < -0.3 is 4.74 Å². The SMILES string of the molecule is CC/C=C\C(CC1CC1)C(=O)OCC1CC1. The molecule has 0 bridgehead atoms. The van der Waals surface area contributed by atoms with E-state index in [0.717, 1.165) is 18.8 Å². The molecule has 0 amide bonds. The number of esters is 1. The fourth-order valence-electron chi connectivity index (χ4n) is 1.86. The van der Waals surface area contributed by atoms with Crippen LogP contribution in [0.15, 0.2) is 12.2 Å². The Labute approximate surface area is 98.1 Å². The van der Waals surface area contributed by atoms with E-state index in [1.54, 1.807) is 0 Å². The van der Waals surface area contributed by atoms with Gasteiger partial charge in [0.2, 0.25) is 0 Å². The summed E-state index contributed by atoms with van der Waals surface area (Å²) in [6.07, 6.45) is 11.2. The predicted molar refractivity (Wildman–Crippen MR) is 63.9 cm³/mol. The molecule has 0 aliphatic heterocycles. The van der Waals surface area contributed by atoms with Gasteiger partial charge in [-0.25, -0.2) is 0 Å². The molecule has 0 aromatic heterocycles. The molecule has 2 aliphatic rings. The number of carbonyl (C=O) groups is 1. The summed E-state index contributed by atoms with van der Waals surface area (Å²) in [5.74, 6) is 1.47. The first-order chi connectivity index (χ1) is 7.79. The van der Waals surface area contributed by atoms with Gasteiger partial charge >= 0.3 is 5.97 Å². The van der Waals surface area contributed by atoms with Crippen molar-refractivity contribution < 1.29 is 9.53 Å². The molecule has 2 saturated carbocycles. The van der Waals surface area contributed by atoms with E-state index in [9.17, 15) is 4.79 Å². The molecule has 1 atom stereocenters. The molecule has 2 fully saturated rings. The first kappa shape index (κ1) is 11.7. The van der Waals surface area contributed by atoms with Crippen molar-refractivity contribution in [2.24, 2.45) is 17.8 Å². The Kier molecular flexibility index (Phi) is 4.03. The van der Waals surface area contributed by atoms with Gasteiger partial charge in [0.15, 0.2) is 0 Å². The lowest BCUT2D eigenvalue weighted by molar-refractivity contribution is -0.147. The van der Waals surface area contributed by atoms with E-state index in [1.165, 1.54) is 25.7 Å². The summed E-state index contributed by atoms with van der Waals surface area (Å²) in [6.45, 7) is 2.75. The van der Waals surface area contributed by atoms with Crippen LogP contribution in [0.1, 0.15) is 45.4 Å². The third-order valence-corrected chi connectivity index (χ3v) is 3.35. The molecule has 0 radical (unpaired) electrons. The van der Waals surface area contributed by atoms with Crippen LogP contribution >= 0.6 is 0 Å². The van der Waals surface area contributed by atoms with Gasteiger partial charge in [-0.3, -0.25) is 4.79 Å². The van der Waals surface area contributed by atoms with Crippen molar-refractivity contribution in [2.75, 3.05) is 6.61 Å². The second-order valence-electron chi connectivity index (χ2n) is 5.20. The highest BCUT2D eigenvalue weighted by atomic mass is 16.5. The Morgan fingerprint density at radius 1 is 1.31 bits per heavy atom. The molecule has 2 aliphatic carbocycles. The van der Waals surface area contributed by atoms with Crippen molar-refractivity contribution in [3.63, 3.8) is 0 Å². The van der Waals surface area contributed by atoms with Crippen molar-refractivity contribution in [3.8, 4) is 0 Å². The largest absolute Gasteiger partial charge is 0.465 e. The van der Waals surface area contributed by atoms with Gasteiger partial charge in [0, 0.05) is 0 Å². The highest BCUT2D eigenvalue weighted by Crippen LogP contribution is 2.36. The van der Waals surface area contributed by atoms with E-state index in [0.29, 0.717) is 12.5 Å². The zero-order chi connectivity index (χ0) is 11.4. The second kappa shape index (κ2) is 5.51. The number of carbonyl (C=O) groups excluding carboxylic acids is 1. The van der Waals surface area contributed by atoms with E-state index in [2.05, 4.69) is 13.0 Å². The van der Waals surface area contributed by atoms with Gasteiger partial charge in [-0.2, -0.15) is 0 Å².